The van der Waals surface area contributed by atoms with Crippen LogP contribution >= 0.6 is 11.3 Å². The summed E-state index contributed by atoms with van der Waals surface area (Å²) in [7, 11) is 0. The van der Waals surface area contributed by atoms with Crippen LogP contribution in [-0.4, -0.2) is 32.4 Å². The number of hydrogen-bond donors (Lipinski definition) is 1. The molecule has 19 heavy (non-hydrogen) atoms. The molecule has 0 saturated carbocycles. The molecule has 1 N–H and O–H groups in total. The number of ether oxygens (including phenoxy) is 1. The van der Waals surface area contributed by atoms with Gasteiger partial charge in [0.2, 0.25) is 0 Å². The Balaban J connectivity index is 1.91. The second kappa shape index (κ2) is 5.10. The number of aromatic carboxylic acids is 1. The lowest BCUT2D eigenvalue weighted by Gasteiger charge is -2.24. The highest BCUT2D eigenvalue weighted by Crippen LogP contribution is 2.29. The SMILES string of the molecule is O=C(O)c1csc(-c2ccnn2C2CCCCO2)n1. The zero-order valence-electron chi connectivity index (χ0n) is 10.2. The number of rotatable bonds is 3. The maximum Gasteiger partial charge on any atom is 0.355 e. The molecule has 7 heteroatoms. The van der Waals surface area contributed by atoms with E-state index in [1.165, 1.54) is 16.7 Å². The summed E-state index contributed by atoms with van der Waals surface area (Å²) in [6.45, 7) is 0.738. The summed E-state index contributed by atoms with van der Waals surface area (Å²) in [5.74, 6) is -1.01. The number of aromatic nitrogens is 3. The van der Waals surface area contributed by atoms with E-state index in [0.717, 1.165) is 31.6 Å². The quantitative estimate of drug-likeness (QED) is 0.933. The van der Waals surface area contributed by atoms with Gasteiger partial charge in [0.05, 0.1) is 5.69 Å². The van der Waals surface area contributed by atoms with Crippen LogP contribution in [0.5, 0.6) is 0 Å². The highest BCUT2D eigenvalue weighted by Gasteiger charge is 2.21. The normalized spacial score (nSPS) is 19.5. The van der Waals surface area contributed by atoms with Crippen molar-refractivity contribution >= 4 is 17.3 Å². The lowest BCUT2D eigenvalue weighted by atomic mass is 10.2. The van der Waals surface area contributed by atoms with Gasteiger partial charge in [-0.2, -0.15) is 5.10 Å². The Morgan fingerprint density at radius 2 is 2.42 bits per heavy atom. The molecule has 1 aliphatic rings. The van der Waals surface area contributed by atoms with E-state index in [2.05, 4.69) is 10.1 Å². The summed E-state index contributed by atoms with van der Waals surface area (Å²) in [4.78, 5) is 15.0. The summed E-state index contributed by atoms with van der Waals surface area (Å²) in [5.41, 5.74) is 0.877. The molecular weight excluding hydrogens is 266 g/mol. The number of carbonyl (C=O) groups is 1. The molecule has 2 aromatic heterocycles. The van der Waals surface area contributed by atoms with Crippen LogP contribution in [0.4, 0.5) is 0 Å². The lowest BCUT2D eigenvalue weighted by Crippen LogP contribution is -2.19. The van der Waals surface area contributed by atoms with Crippen molar-refractivity contribution in [3.8, 4) is 10.7 Å². The smallest absolute Gasteiger partial charge is 0.355 e. The first-order chi connectivity index (χ1) is 9.25. The van der Waals surface area contributed by atoms with Crippen molar-refractivity contribution in [3.63, 3.8) is 0 Å². The topological polar surface area (TPSA) is 77.2 Å². The van der Waals surface area contributed by atoms with E-state index in [1.54, 1.807) is 10.9 Å². The highest BCUT2D eigenvalue weighted by molar-refractivity contribution is 7.13. The maximum atomic E-state index is 10.9. The molecular formula is C12H13N3O3S. The molecule has 100 valence electrons. The van der Waals surface area contributed by atoms with E-state index in [9.17, 15) is 4.79 Å². The second-order valence-corrected chi connectivity index (χ2v) is 5.18. The molecule has 3 heterocycles. The lowest BCUT2D eigenvalue weighted by molar-refractivity contribution is -0.0383. The van der Waals surface area contributed by atoms with Gasteiger partial charge < -0.3 is 9.84 Å². The standard InChI is InChI=1S/C12H13N3O3S/c16-12(17)8-7-19-11(14-8)9-4-5-13-15(9)10-3-1-2-6-18-10/h4-5,7,10H,1-3,6H2,(H,16,17). The highest BCUT2D eigenvalue weighted by atomic mass is 32.1. The number of nitrogens with zero attached hydrogens (tertiary/aromatic N) is 3. The Bertz CT molecular complexity index is 587. The molecule has 0 spiro atoms. The molecule has 3 rings (SSSR count). The molecule has 1 unspecified atom stereocenters. The molecule has 1 saturated heterocycles. The second-order valence-electron chi connectivity index (χ2n) is 4.33. The Hall–Kier alpha value is -1.73. The van der Waals surface area contributed by atoms with Gasteiger partial charge in [0.1, 0.15) is 5.01 Å². The minimum atomic E-state index is -1.01. The number of hydrogen-bond acceptors (Lipinski definition) is 5. The Labute approximate surface area is 113 Å². The third-order valence-electron chi connectivity index (χ3n) is 3.04. The molecule has 1 fully saturated rings. The number of carboxylic acids is 1. The first-order valence-corrected chi connectivity index (χ1v) is 6.98. The molecule has 0 radical (unpaired) electrons. The van der Waals surface area contributed by atoms with E-state index < -0.39 is 5.97 Å². The van der Waals surface area contributed by atoms with Crippen LogP contribution in [-0.2, 0) is 4.74 Å². The summed E-state index contributed by atoms with van der Waals surface area (Å²) in [6, 6.07) is 1.84. The zero-order valence-corrected chi connectivity index (χ0v) is 11.0. The molecule has 0 aliphatic carbocycles. The Kier molecular flexibility index (Phi) is 3.31. The maximum absolute atomic E-state index is 10.9. The fourth-order valence-corrected chi connectivity index (χ4v) is 2.93. The summed E-state index contributed by atoms with van der Waals surface area (Å²) >= 11 is 1.31. The molecule has 6 nitrogen and oxygen atoms in total. The van der Waals surface area contributed by atoms with Gasteiger partial charge in [-0.3, -0.25) is 0 Å². The largest absolute Gasteiger partial charge is 0.476 e. The number of carboxylic acid groups (broad SMARTS) is 1. The van der Waals surface area contributed by atoms with Crippen molar-refractivity contribution < 1.29 is 14.6 Å². The van der Waals surface area contributed by atoms with Gasteiger partial charge in [-0.05, 0) is 25.3 Å². The van der Waals surface area contributed by atoms with Crippen LogP contribution in [0.25, 0.3) is 10.7 Å². The van der Waals surface area contributed by atoms with Gasteiger partial charge in [-0.1, -0.05) is 0 Å². The van der Waals surface area contributed by atoms with E-state index >= 15 is 0 Å². The fraction of sp³-hybridized carbons (Fsp3) is 0.417. The van der Waals surface area contributed by atoms with Crippen molar-refractivity contribution in [2.75, 3.05) is 6.61 Å². The van der Waals surface area contributed by atoms with E-state index in [1.807, 2.05) is 6.07 Å². The molecule has 0 amide bonds. The van der Waals surface area contributed by atoms with Gasteiger partial charge in [-0.15, -0.1) is 11.3 Å². The van der Waals surface area contributed by atoms with Crippen molar-refractivity contribution in [2.24, 2.45) is 0 Å². The Morgan fingerprint density at radius 3 is 3.11 bits per heavy atom. The van der Waals surface area contributed by atoms with Gasteiger partial charge in [-0.25, -0.2) is 14.5 Å². The van der Waals surface area contributed by atoms with Gasteiger partial charge in [0, 0.05) is 18.2 Å². The van der Waals surface area contributed by atoms with Crippen molar-refractivity contribution in [3.05, 3.63) is 23.3 Å². The summed E-state index contributed by atoms with van der Waals surface area (Å²) < 4.78 is 7.49. The molecule has 0 bridgehead atoms. The van der Waals surface area contributed by atoms with E-state index in [-0.39, 0.29) is 11.9 Å². The van der Waals surface area contributed by atoms with E-state index in [4.69, 9.17) is 9.84 Å². The van der Waals surface area contributed by atoms with Crippen molar-refractivity contribution in [1.82, 2.24) is 14.8 Å². The zero-order chi connectivity index (χ0) is 13.2. The van der Waals surface area contributed by atoms with Crippen molar-refractivity contribution in [1.29, 1.82) is 0 Å². The minimum Gasteiger partial charge on any atom is -0.476 e. The molecule has 1 atom stereocenters. The predicted molar refractivity (Wildman–Crippen MR) is 69.1 cm³/mol. The third kappa shape index (κ3) is 2.39. The van der Waals surface area contributed by atoms with Crippen LogP contribution in [0, 0.1) is 0 Å². The van der Waals surface area contributed by atoms with Crippen LogP contribution in [0.15, 0.2) is 17.6 Å². The third-order valence-corrected chi connectivity index (χ3v) is 3.91. The Morgan fingerprint density at radius 1 is 1.53 bits per heavy atom. The van der Waals surface area contributed by atoms with Crippen molar-refractivity contribution in [2.45, 2.75) is 25.5 Å². The van der Waals surface area contributed by atoms with Crippen LogP contribution in [0.1, 0.15) is 36.0 Å². The molecule has 2 aromatic rings. The molecule has 1 aliphatic heterocycles. The van der Waals surface area contributed by atoms with Gasteiger partial charge in [0.15, 0.2) is 11.9 Å². The monoisotopic (exact) mass is 279 g/mol. The molecule has 0 aromatic carbocycles. The average Bonchev–Trinajstić information content (AvgIpc) is 3.08. The fourth-order valence-electron chi connectivity index (χ4n) is 2.12. The van der Waals surface area contributed by atoms with E-state index in [0.29, 0.717) is 5.01 Å². The first-order valence-electron chi connectivity index (χ1n) is 6.10. The van der Waals surface area contributed by atoms with Gasteiger partial charge >= 0.3 is 5.97 Å². The average molecular weight is 279 g/mol. The van der Waals surface area contributed by atoms with Crippen LogP contribution in [0.2, 0.25) is 0 Å². The van der Waals surface area contributed by atoms with Gasteiger partial charge in [0.25, 0.3) is 0 Å². The van der Waals surface area contributed by atoms with Crippen LogP contribution < -0.4 is 0 Å². The summed E-state index contributed by atoms with van der Waals surface area (Å²) in [5, 5.41) is 15.4. The number of thiazole rings is 1. The summed E-state index contributed by atoms with van der Waals surface area (Å²) in [6.07, 6.45) is 4.73. The predicted octanol–water partition coefficient (Wildman–Crippen LogP) is 2.40. The first kappa shape index (κ1) is 12.3. The minimum absolute atomic E-state index is 0.0670. The van der Waals surface area contributed by atoms with Crippen LogP contribution in [0.3, 0.4) is 0 Å².